The zero-order chi connectivity index (χ0) is 11.1. The van der Waals surface area contributed by atoms with E-state index in [4.69, 9.17) is 4.74 Å². The van der Waals surface area contributed by atoms with Gasteiger partial charge in [-0.15, -0.1) is 0 Å². The molecule has 0 spiro atoms. The summed E-state index contributed by atoms with van der Waals surface area (Å²) in [7, 11) is 0. The summed E-state index contributed by atoms with van der Waals surface area (Å²) in [5, 5.41) is 0. The van der Waals surface area contributed by atoms with Crippen LogP contribution in [-0.2, 0) is 14.3 Å². The van der Waals surface area contributed by atoms with E-state index in [0.29, 0.717) is 0 Å². The van der Waals surface area contributed by atoms with Gasteiger partial charge in [0.2, 0.25) is 5.60 Å². The Hall–Kier alpha value is -1.48. The van der Waals surface area contributed by atoms with Gasteiger partial charge in [-0.25, -0.2) is 0 Å². The Morgan fingerprint density at radius 2 is 1.67 bits per heavy atom. The molecule has 0 unspecified atom stereocenters. The highest BCUT2D eigenvalue weighted by Crippen LogP contribution is 2.50. The van der Waals surface area contributed by atoms with Crippen LogP contribution in [0.3, 0.4) is 0 Å². The van der Waals surface area contributed by atoms with Crippen LogP contribution in [0.2, 0.25) is 0 Å². The van der Waals surface area contributed by atoms with E-state index in [9.17, 15) is 9.59 Å². The van der Waals surface area contributed by atoms with Crippen molar-refractivity contribution in [2.45, 2.75) is 25.6 Å². The quantitative estimate of drug-likeness (QED) is 0.555. The molecule has 1 aliphatic heterocycles. The molecule has 0 amide bonds. The number of hydrogen-bond acceptors (Lipinski definition) is 3. The molecule has 1 atom stereocenters. The Balaban J connectivity index is 2.31. The van der Waals surface area contributed by atoms with Crippen molar-refractivity contribution in [2.75, 3.05) is 0 Å². The summed E-state index contributed by atoms with van der Waals surface area (Å²) in [4.78, 5) is 22.8. The van der Waals surface area contributed by atoms with Crippen LogP contribution in [0.15, 0.2) is 30.3 Å². The van der Waals surface area contributed by atoms with Gasteiger partial charge in [-0.1, -0.05) is 30.3 Å². The molecule has 1 aromatic carbocycles. The minimum absolute atomic E-state index is 0.219. The van der Waals surface area contributed by atoms with Gasteiger partial charge in [0, 0.05) is 0 Å². The van der Waals surface area contributed by atoms with Crippen molar-refractivity contribution in [3.8, 4) is 0 Å². The molecule has 1 fully saturated rings. The molecule has 15 heavy (non-hydrogen) atoms. The first-order chi connectivity index (χ1) is 7.09. The third-order valence-electron chi connectivity index (χ3n) is 2.76. The Bertz CT molecular complexity index is 394. The van der Waals surface area contributed by atoms with Crippen LogP contribution < -0.4 is 0 Å². The molecular formula is C12H12O3. The van der Waals surface area contributed by atoms with Gasteiger partial charge >= 0.3 is 0 Å². The summed E-state index contributed by atoms with van der Waals surface area (Å²) in [6.45, 7) is 2.79. The number of epoxide rings is 1. The minimum Gasteiger partial charge on any atom is -0.344 e. The predicted molar refractivity (Wildman–Crippen MR) is 54.4 cm³/mol. The van der Waals surface area contributed by atoms with Crippen molar-refractivity contribution in [1.82, 2.24) is 0 Å². The molecule has 0 bridgehead atoms. The number of carbonyl (C=O) groups is 2. The SMILES string of the molecule is CC(=O)C1(C(C)=O)O[C@@H]1c1ccccc1. The second-order valence-electron chi connectivity index (χ2n) is 3.76. The molecule has 1 heterocycles. The van der Waals surface area contributed by atoms with Crippen molar-refractivity contribution in [3.63, 3.8) is 0 Å². The van der Waals surface area contributed by atoms with Crippen molar-refractivity contribution < 1.29 is 14.3 Å². The fraction of sp³-hybridized carbons (Fsp3) is 0.333. The largest absolute Gasteiger partial charge is 0.344 e. The van der Waals surface area contributed by atoms with Gasteiger partial charge in [0.15, 0.2) is 11.6 Å². The van der Waals surface area contributed by atoms with Crippen LogP contribution >= 0.6 is 0 Å². The van der Waals surface area contributed by atoms with Crippen LogP contribution in [0.5, 0.6) is 0 Å². The van der Waals surface area contributed by atoms with Crippen LogP contribution in [0.4, 0.5) is 0 Å². The number of rotatable bonds is 3. The lowest BCUT2D eigenvalue weighted by Gasteiger charge is -2.03. The molecule has 78 valence electrons. The van der Waals surface area contributed by atoms with Crippen molar-refractivity contribution in [3.05, 3.63) is 35.9 Å². The fourth-order valence-electron chi connectivity index (χ4n) is 1.87. The Labute approximate surface area is 88.1 Å². The number of hydrogen-bond donors (Lipinski definition) is 0. The molecule has 1 saturated heterocycles. The van der Waals surface area contributed by atoms with Crippen LogP contribution in [0, 0.1) is 0 Å². The average molecular weight is 204 g/mol. The molecule has 0 N–H and O–H groups in total. The first kappa shape index (κ1) is 10.1. The topological polar surface area (TPSA) is 46.7 Å². The number of carbonyl (C=O) groups excluding carboxylic acids is 2. The molecule has 0 aliphatic carbocycles. The van der Waals surface area contributed by atoms with Crippen LogP contribution in [-0.4, -0.2) is 17.2 Å². The lowest BCUT2D eigenvalue weighted by molar-refractivity contribution is -0.132. The molecule has 0 saturated carbocycles. The summed E-state index contributed by atoms with van der Waals surface area (Å²) in [5.41, 5.74) is -0.329. The first-order valence-electron chi connectivity index (χ1n) is 4.84. The normalized spacial score (nSPS) is 22.1. The van der Waals surface area contributed by atoms with Gasteiger partial charge in [-0.05, 0) is 19.4 Å². The highest BCUT2D eigenvalue weighted by Gasteiger charge is 2.64. The maximum atomic E-state index is 11.4. The molecule has 0 aromatic heterocycles. The van der Waals surface area contributed by atoms with E-state index in [1.807, 2.05) is 30.3 Å². The smallest absolute Gasteiger partial charge is 0.214 e. The van der Waals surface area contributed by atoms with Gasteiger partial charge in [-0.2, -0.15) is 0 Å². The standard InChI is InChI=1S/C12H12O3/c1-8(13)12(9(2)14)11(15-12)10-6-4-3-5-7-10/h3-7,11H,1-2H3/t11-/m1/s1. The second-order valence-corrected chi connectivity index (χ2v) is 3.76. The molecule has 1 aromatic rings. The predicted octanol–water partition coefficient (Wildman–Crippen LogP) is 1.67. The monoisotopic (exact) mass is 204 g/mol. The van der Waals surface area contributed by atoms with Crippen LogP contribution in [0.25, 0.3) is 0 Å². The summed E-state index contributed by atoms with van der Waals surface area (Å²) in [5.74, 6) is -0.437. The number of ether oxygens (including phenoxy) is 1. The fourth-order valence-corrected chi connectivity index (χ4v) is 1.87. The maximum absolute atomic E-state index is 11.4. The van der Waals surface area contributed by atoms with E-state index in [1.165, 1.54) is 13.8 Å². The van der Waals surface area contributed by atoms with Crippen molar-refractivity contribution in [1.29, 1.82) is 0 Å². The second kappa shape index (κ2) is 3.28. The zero-order valence-electron chi connectivity index (χ0n) is 8.69. The van der Waals surface area contributed by atoms with Gasteiger partial charge in [-0.3, -0.25) is 9.59 Å². The van der Waals surface area contributed by atoms with Crippen LogP contribution in [0.1, 0.15) is 25.5 Å². The van der Waals surface area contributed by atoms with E-state index in [1.54, 1.807) is 0 Å². The summed E-state index contributed by atoms with van der Waals surface area (Å²) in [6, 6.07) is 9.33. The Morgan fingerprint density at radius 3 is 2.07 bits per heavy atom. The first-order valence-corrected chi connectivity index (χ1v) is 4.84. The van der Waals surface area contributed by atoms with E-state index in [0.717, 1.165) is 5.56 Å². The Morgan fingerprint density at radius 1 is 1.13 bits per heavy atom. The third-order valence-corrected chi connectivity index (χ3v) is 2.76. The number of ketones is 2. The van der Waals surface area contributed by atoms with Gasteiger partial charge in [0.05, 0.1) is 0 Å². The highest BCUT2D eigenvalue weighted by molar-refractivity contribution is 6.12. The Kier molecular flexibility index (Phi) is 2.20. The number of benzene rings is 1. The average Bonchev–Trinajstić information content (AvgIpc) is 2.95. The van der Waals surface area contributed by atoms with E-state index in [-0.39, 0.29) is 11.6 Å². The third kappa shape index (κ3) is 1.39. The summed E-state index contributed by atoms with van der Waals surface area (Å²) >= 11 is 0. The number of Topliss-reactive ketones (excluding diaryl/α,β-unsaturated/α-hetero) is 2. The molecule has 3 nitrogen and oxygen atoms in total. The van der Waals surface area contributed by atoms with Gasteiger partial charge in [0.25, 0.3) is 0 Å². The molecule has 0 radical (unpaired) electrons. The van der Waals surface area contributed by atoms with Crippen molar-refractivity contribution in [2.24, 2.45) is 0 Å². The van der Waals surface area contributed by atoms with Crippen molar-refractivity contribution >= 4 is 11.6 Å². The lowest BCUT2D eigenvalue weighted by atomic mass is 9.92. The molecule has 1 aliphatic rings. The molecule has 2 rings (SSSR count). The van der Waals surface area contributed by atoms with E-state index in [2.05, 4.69) is 0 Å². The highest BCUT2D eigenvalue weighted by atomic mass is 16.6. The van der Waals surface area contributed by atoms with Gasteiger partial charge < -0.3 is 4.74 Å². The minimum atomic E-state index is -1.21. The summed E-state index contributed by atoms with van der Waals surface area (Å²) < 4.78 is 5.31. The van der Waals surface area contributed by atoms with E-state index < -0.39 is 11.7 Å². The molecule has 3 heteroatoms. The van der Waals surface area contributed by atoms with Gasteiger partial charge in [0.1, 0.15) is 6.10 Å². The molecular weight excluding hydrogens is 192 g/mol. The van der Waals surface area contributed by atoms with E-state index >= 15 is 0 Å². The summed E-state index contributed by atoms with van der Waals surface area (Å²) in [6.07, 6.45) is -0.395. The maximum Gasteiger partial charge on any atom is 0.214 e. The lowest BCUT2D eigenvalue weighted by Crippen LogP contribution is -2.31. The zero-order valence-corrected chi connectivity index (χ0v) is 8.69.